The molecule has 1 aliphatic heterocycles. The number of nitro groups is 1. The molecule has 1 saturated heterocycles. The van der Waals surface area contributed by atoms with Crippen molar-refractivity contribution in [3.8, 4) is 0 Å². The number of hydrogen-bond donors (Lipinski definition) is 1. The SMILES string of the molecule is O=[N+]([O-])c1cc(S(=O)(=O)N2CCCCCC2)ccc1NCCc1cn2ccccc2n1. The van der Waals surface area contributed by atoms with Gasteiger partial charge in [0.15, 0.2) is 0 Å². The molecule has 0 aliphatic carbocycles. The number of pyridine rings is 1. The number of nitro benzene ring substituents is 1. The molecule has 31 heavy (non-hydrogen) atoms. The number of aromatic nitrogens is 2. The molecule has 0 spiro atoms. The fourth-order valence-corrected chi connectivity index (χ4v) is 5.37. The highest BCUT2D eigenvalue weighted by atomic mass is 32.2. The maximum absolute atomic E-state index is 13.0. The van der Waals surface area contributed by atoms with Gasteiger partial charge in [0.2, 0.25) is 10.0 Å². The van der Waals surface area contributed by atoms with E-state index in [1.54, 1.807) is 0 Å². The van der Waals surface area contributed by atoms with Crippen LogP contribution in [0.2, 0.25) is 0 Å². The van der Waals surface area contributed by atoms with Crippen molar-refractivity contribution in [3.05, 3.63) is 64.6 Å². The van der Waals surface area contributed by atoms with E-state index < -0.39 is 14.9 Å². The molecule has 1 N–H and O–H groups in total. The summed E-state index contributed by atoms with van der Waals surface area (Å²) in [5.41, 5.74) is 1.75. The standard InChI is InChI=1S/C21H25N5O4S/c27-26(28)20-15-18(31(29,30)25-13-4-1-2-5-14-25)8-9-19(20)22-11-10-17-16-24-12-6-3-7-21(24)23-17/h3,6-9,12,15-16,22H,1-2,4-5,10-11,13-14H2. The van der Waals surface area contributed by atoms with Gasteiger partial charge in [-0.05, 0) is 37.1 Å². The van der Waals surface area contributed by atoms with E-state index in [0.717, 1.165) is 43.1 Å². The molecule has 164 valence electrons. The van der Waals surface area contributed by atoms with E-state index in [1.165, 1.54) is 16.4 Å². The minimum atomic E-state index is -3.75. The zero-order valence-electron chi connectivity index (χ0n) is 17.1. The van der Waals surface area contributed by atoms with Gasteiger partial charge in [-0.25, -0.2) is 13.4 Å². The number of anilines is 1. The molecule has 0 bridgehead atoms. The zero-order valence-corrected chi connectivity index (χ0v) is 17.9. The fourth-order valence-electron chi connectivity index (χ4n) is 3.84. The second-order valence-corrected chi connectivity index (χ2v) is 9.57. The predicted molar refractivity (Wildman–Crippen MR) is 118 cm³/mol. The van der Waals surface area contributed by atoms with E-state index in [0.29, 0.717) is 31.7 Å². The lowest BCUT2D eigenvalue weighted by Crippen LogP contribution is -2.32. The van der Waals surface area contributed by atoms with E-state index in [9.17, 15) is 18.5 Å². The summed E-state index contributed by atoms with van der Waals surface area (Å²) in [6, 6.07) is 9.82. The lowest BCUT2D eigenvalue weighted by atomic mass is 10.2. The molecule has 1 aliphatic rings. The number of sulfonamides is 1. The summed E-state index contributed by atoms with van der Waals surface area (Å²) >= 11 is 0. The molecule has 0 radical (unpaired) electrons. The summed E-state index contributed by atoms with van der Waals surface area (Å²) in [6.07, 6.45) is 8.03. The Balaban J connectivity index is 1.49. The van der Waals surface area contributed by atoms with Crippen LogP contribution in [0.4, 0.5) is 11.4 Å². The molecule has 1 fully saturated rings. The molecule has 0 amide bonds. The van der Waals surface area contributed by atoms with Gasteiger partial charge >= 0.3 is 0 Å². The summed E-state index contributed by atoms with van der Waals surface area (Å²) in [4.78, 5) is 15.6. The fraction of sp³-hybridized carbons (Fsp3) is 0.381. The maximum atomic E-state index is 13.0. The van der Waals surface area contributed by atoms with Gasteiger partial charge < -0.3 is 9.72 Å². The first-order valence-corrected chi connectivity index (χ1v) is 11.8. The van der Waals surface area contributed by atoms with Gasteiger partial charge in [0, 0.05) is 44.5 Å². The Morgan fingerprint density at radius 1 is 1.10 bits per heavy atom. The Bertz CT molecular complexity index is 1150. The molecule has 4 rings (SSSR count). The normalized spacial score (nSPS) is 15.6. The van der Waals surface area contributed by atoms with Crippen LogP contribution in [0.15, 0.2) is 53.7 Å². The van der Waals surface area contributed by atoms with Crippen molar-refractivity contribution in [1.82, 2.24) is 13.7 Å². The van der Waals surface area contributed by atoms with E-state index in [4.69, 9.17) is 0 Å². The van der Waals surface area contributed by atoms with Gasteiger partial charge in [-0.1, -0.05) is 18.9 Å². The van der Waals surface area contributed by atoms with Crippen molar-refractivity contribution in [3.63, 3.8) is 0 Å². The summed E-state index contributed by atoms with van der Waals surface area (Å²) < 4.78 is 29.3. The van der Waals surface area contributed by atoms with Crippen molar-refractivity contribution in [2.75, 3.05) is 25.0 Å². The van der Waals surface area contributed by atoms with E-state index in [1.807, 2.05) is 35.0 Å². The lowest BCUT2D eigenvalue weighted by Gasteiger charge is -2.20. The first-order chi connectivity index (χ1) is 14.9. The largest absolute Gasteiger partial charge is 0.379 e. The van der Waals surface area contributed by atoms with Gasteiger partial charge in [0.25, 0.3) is 5.69 Å². The molecule has 3 aromatic rings. The average molecular weight is 444 g/mol. The molecule has 3 heterocycles. The molecule has 0 atom stereocenters. The minimum Gasteiger partial charge on any atom is -0.379 e. The zero-order chi connectivity index (χ0) is 21.8. The number of nitrogens with zero attached hydrogens (tertiary/aromatic N) is 4. The monoisotopic (exact) mass is 443 g/mol. The first-order valence-electron chi connectivity index (χ1n) is 10.4. The van der Waals surface area contributed by atoms with Crippen LogP contribution in [0, 0.1) is 10.1 Å². The van der Waals surface area contributed by atoms with Crippen molar-refractivity contribution in [2.45, 2.75) is 37.0 Å². The maximum Gasteiger partial charge on any atom is 0.293 e. The second-order valence-electron chi connectivity index (χ2n) is 7.63. The van der Waals surface area contributed by atoms with Gasteiger partial charge in [-0.3, -0.25) is 10.1 Å². The van der Waals surface area contributed by atoms with E-state index in [2.05, 4.69) is 10.3 Å². The number of nitrogens with one attached hydrogen (secondary N) is 1. The topological polar surface area (TPSA) is 110 Å². The third kappa shape index (κ3) is 4.70. The van der Waals surface area contributed by atoms with Gasteiger partial charge in [-0.15, -0.1) is 0 Å². The lowest BCUT2D eigenvalue weighted by molar-refractivity contribution is -0.384. The number of benzene rings is 1. The van der Waals surface area contributed by atoms with E-state index >= 15 is 0 Å². The van der Waals surface area contributed by atoms with Crippen LogP contribution in [0.3, 0.4) is 0 Å². The highest BCUT2D eigenvalue weighted by molar-refractivity contribution is 7.89. The average Bonchev–Trinajstić information content (AvgIpc) is 2.96. The Labute approximate surface area is 180 Å². The molecule has 2 aromatic heterocycles. The van der Waals surface area contributed by atoms with Crippen molar-refractivity contribution in [2.24, 2.45) is 0 Å². The van der Waals surface area contributed by atoms with Crippen LogP contribution in [0.25, 0.3) is 5.65 Å². The Hall–Kier alpha value is -2.98. The van der Waals surface area contributed by atoms with Crippen LogP contribution in [0.1, 0.15) is 31.4 Å². The van der Waals surface area contributed by atoms with Crippen LogP contribution in [-0.4, -0.2) is 46.7 Å². The first kappa shape index (κ1) is 21.3. The minimum absolute atomic E-state index is 0.0352. The van der Waals surface area contributed by atoms with Gasteiger partial charge in [-0.2, -0.15) is 4.31 Å². The number of rotatable bonds is 7. The number of fused-ring (bicyclic) bond motifs is 1. The Morgan fingerprint density at radius 2 is 1.87 bits per heavy atom. The smallest absolute Gasteiger partial charge is 0.293 e. The van der Waals surface area contributed by atoms with Crippen molar-refractivity contribution in [1.29, 1.82) is 0 Å². The number of imidazole rings is 1. The Kier molecular flexibility index (Phi) is 6.19. The van der Waals surface area contributed by atoms with Crippen LogP contribution < -0.4 is 5.32 Å². The third-order valence-corrected chi connectivity index (χ3v) is 7.37. The van der Waals surface area contributed by atoms with Crippen LogP contribution in [-0.2, 0) is 16.4 Å². The molecule has 0 unspecified atom stereocenters. The summed E-state index contributed by atoms with van der Waals surface area (Å²) in [6.45, 7) is 1.34. The number of hydrogen-bond acceptors (Lipinski definition) is 6. The third-order valence-electron chi connectivity index (χ3n) is 5.48. The molecule has 0 saturated carbocycles. The predicted octanol–water partition coefficient (Wildman–Crippen LogP) is 3.46. The highest BCUT2D eigenvalue weighted by Crippen LogP contribution is 2.30. The highest BCUT2D eigenvalue weighted by Gasteiger charge is 2.28. The Morgan fingerprint density at radius 3 is 2.58 bits per heavy atom. The quantitative estimate of drug-likeness (QED) is 0.442. The summed E-state index contributed by atoms with van der Waals surface area (Å²) in [7, 11) is -3.75. The van der Waals surface area contributed by atoms with E-state index in [-0.39, 0.29) is 10.6 Å². The molecular formula is C21H25N5O4S. The summed E-state index contributed by atoms with van der Waals surface area (Å²) in [5, 5.41) is 14.7. The van der Waals surface area contributed by atoms with Crippen LogP contribution >= 0.6 is 0 Å². The molecule has 10 heteroatoms. The molecule has 9 nitrogen and oxygen atoms in total. The van der Waals surface area contributed by atoms with Crippen molar-refractivity contribution >= 4 is 27.0 Å². The molecular weight excluding hydrogens is 418 g/mol. The van der Waals surface area contributed by atoms with Crippen LogP contribution in [0.5, 0.6) is 0 Å². The van der Waals surface area contributed by atoms with Gasteiger partial charge in [0.1, 0.15) is 11.3 Å². The molecule has 1 aromatic carbocycles. The summed E-state index contributed by atoms with van der Waals surface area (Å²) in [5.74, 6) is 0. The van der Waals surface area contributed by atoms with Crippen molar-refractivity contribution < 1.29 is 13.3 Å². The van der Waals surface area contributed by atoms with Gasteiger partial charge in [0.05, 0.1) is 15.5 Å². The second kappa shape index (κ2) is 9.03.